The Kier molecular flexibility index (Phi) is 4.58. The van der Waals surface area contributed by atoms with E-state index >= 15 is 0 Å². The molecule has 0 amide bonds. The van der Waals surface area contributed by atoms with Crippen molar-refractivity contribution in [2.45, 2.75) is 0 Å². The Hall–Kier alpha value is -5.61. The van der Waals surface area contributed by atoms with Crippen molar-refractivity contribution in [3.63, 3.8) is 0 Å². The molecule has 4 nitrogen and oxygen atoms in total. The monoisotopic (exact) mass is 522 g/mol. The lowest BCUT2D eigenvalue weighted by Gasteiger charge is -2.16. The first-order valence-electron chi connectivity index (χ1n) is 13.8. The zero-order chi connectivity index (χ0) is 26.9. The van der Waals surface area contributed by atoms with Gasteiger partial charge in [0.15, 0.2) is 0 Å². The van der Waals surface area contributed by atoms with Crippen LogP contribution in [-0.4, -0.2) is 19.5 Å². The fourth-order valence-corrected chi connectivity index (χ4v) is 6.62. The van der Waals surface area contributed by atoms with Gasteiger partial charge < -0.3 is 4.57 Å². The van der Waals surface area contributed by atoms with E-state index in [-0.39, 0.29) is 0 Å². The number of hydrogen-bond donors (Lipinski definition) is 0. The van der Waals surface area contributed by atoms with Crippen molar-refractivity contribution in [1.29, 1.82) is 0 Å². The molecule has 9 rings (SSSR count). The van der Waals surface area contributed by atoms with Crippen LogP contribution in [0.3, 0.4) is 0 Å². The zero-order valence-electron chi connectivity index (χ0n) is 22.0. The molecule has 0 aliphatic rings. The maximum Gasteiger partial charge on any atom is 0.0986 e. The third kappa shape index (κ3) is 3.07. The molecule has 0 saturated heterocycles. The van der Waals surface area contributed by atoms with Gasteiger partial charge in [-0.2, -0.15) is 0 Å². The third-order valence-corrected chi connectivity index (χ3v) is 8.31. The molecular weight excluding hydrogens is 500 g/mol. The van der Waals surface area contributed by atoms with Gasteiger partial charge in [0.25, 0.3) is 0 Å². The highest BCUT2D eigenvalue weighted by Crippen LogP contribution is 2.43. The number of nitrogens with zero attached hydrogens (tertiary/aromatic N) is 4. The van der Waals surface area contributed by atoms with Gasteiger partial charge in [0, 0.05) is 56.5 Å². The van der Waals surface area contributed by atoms with Crippen molar-refractivity contribution in [3.8, 4) is 16.9 Å². The molecule has 0 N–H and O–H groups in total. The average molecular weight is 523 g/mol. The van der Waals surface area contributed by atoms with E-state index in [4.69, 9.17) is 15.0 Å². The van der Waals surface area contributed by atoms with Crippen LogP contribution in [0.4, 0.5) is 0 Å². The number of rotatable bonds is 2. The van der Waals surface area contributed by atoms with Crippen LogP contribution < -0.4 is 0 Å². The smallest absolute Gasteiger partial charge is 0.0986 e. The van der Waals surface area contributed by atoms with E-state index in [1.807, 2.05) is 30.7 Å². The summed E-state index contributed by atoms with van der Waals surface area (Å²) in [5.74, 6) is 0. The number of pyridine rings is 3. The predicted molar refractivity (Wildman–Crippen MR) is 170 cm³/mol. The quantitative estimate of drug-likeness (QED) is 0.213. The summed E-state index contributed by atoms with van der Waals surface area (Å²) in [6.45, 7) is 0. The maximum atomic E-state index is 4.87. The lowest BCUT2D eigenvalue weighted by atomic mass is 9.97. The standard InChI is InChI=1S/C37H22N4/c1-2-10-24-23(9-1)19-22-40-34(24)27-17-18-32(26-12-4-3-11-25(26)27)41-31-16-6-5-13-28(31)33-29-14-7-20-38-35(29)36-30(37(33)41)15-8-21-39-36/h1-22H. The molecule has 0 saturated carbocycles. The molecule has 0 fully saturated rings. The van der Waals surface area contributed by atoms with Crippen LogP contribution in [0.25, 0.3) is 82.1 Å². The van der Waals surface area contributed by atoms with Gasteiger partial charge in [0.2, 0.25) is 0 Å². The second-order valence-corrected chi connectivity index (χ2v) is 10.4. The van der Waals surface area contributed by atoms with E-state index < -0.39 is 0 Å². The van der Waals surface area contributed by atoms with Crippen molar-refractivity contribution < 1.29 is 0 Å². The van der Waals surface area contributed by atoms with Crippen LogP contribution in [-0.2, 0) is 0 Å². The van der Waals surface area contributed by atoms with Crippen molar-refractivity contribution in [1.82, 2.24) is 19.5 Å². The zero-order valence-corrected chi connectivity index (χ0v) is 22.0. The van der Waals surface area contributed by atoms with Gasteiger partial charge in [-0.3, -0.25) is 15.0 Å². The van der Waals surface area contributed by atoms with Crippen molar-refractivity contribution in [2.75, 3.05) is 0 Å². The second-order valence-electron chi connectivity index (χ2n) is 10.4. The van der Waals surface area contributed by atoms with E-state index in [0.717, 1.165) is 55.2 Å². The molecule has 5 aromatic carbocycles. The summed E-state index contributed by atoms with van der Waals surface area (Å²) in [5.41, 5.74) is 7.41. The fraction of sp³-hybridized carbons (Fsp3) is 0. The van der Waals surface area contributed by atoms with Crippen molar-refractivity contribution in [3.05, 3.63) is 134 Å². The Morgan fingerprint density at radius 1 is 0.439 bits per heavy atom. The normalized spacial score (nSPS) is 11.9. The van der Waals surface area contributed by atoms with Crippen molar-refractivity contribution in [2.24, 2.45) is 0 Å². The number of benzene rings is 5. The van der Waals surface area contributed by atoms with Crippen LogP contribution in [0.5, 0.6) is 0 Å². The molecule has 0 atom stereocenters. The van der Waals surface area contributed by atoms with E-state index in [2.05, 4.69) is 108 Å². The number of hydrogen-bond acceptors (Lipinski definition) is 3. The Balaban J connectivity index is 1.46. The molecule has 0 radical (unpaired) electrons. The third-order valence-electron chi connectivity index (χ3n) is 8.31. The molecule has 0 spiro atoms. The molecule has 4 heteroatoms. The molecule has 0 aliphatic heterocycles. The minimum atomic E-state index is 0.917. The van der Waals surface area contributed by atoms with Gasteiger partial charge in [-0.1, -0.05) is 78.9 Å². The van der Waals surface area contributed by atoms with Crippen LogP contribution >= 0.6 is 0 Å². The molecular formula is C37H22N4. The Labute approximate surface area is 235 Å². The van der Waals surface area contributed by atoms with Gasteiger partial charge in [0.05, 0.1) is 33.4 Å². The highest BCUT2D eigenvalue weighted by atomic mass is 15.0. The van der Waals surface area contributed by atoms with E-state index in [9.17, 15) is 0 Å². The van der Waals surface area contributed by atoms with Gasteiger partial charge >= 0.3 is 0 Å². The largest absolute Gasteiger partial charge is 0.308 e. The molecule has 0 bridgehead atoms. The number of para-hydroxylation sites is 1. The summed E-state index contributed by atoms with van der Waals surface area (Å²) in [6.07, 6.45) is 5.62. The highest BCUT2D eigenvalue weighted by molar-refractivity contribution is 6.31. The summed E-state index contributed by atoms with van der Waals surface area (Å²) in [7, 11) is 0. The molecule has 0 aliphatic carbocycles. The van der Waals surface area contributed by atoms with Gasteiger partial charge in [0.1, 0.15) is 0 Å². The number of aromatic nitrogens is 4. The van der Waals surface area contributed by atoms with Crippen LogP contribution in [0.2, 0.25) is 0 Å². The Bertz CT molecular complexity index is 2480. The SMILES string of the molecule is c1ccc2c(-c3ccc(-n4c5ccccc5c5c6cccnc6c6ncccc6c54)c4ccccc34)nccc2c1. The minimum absolute atomic E-state index is 0.917. The van der Waals surface area contributed by atoms with Gasteiger partial charge in [-0.25, -0.2) is 0 Å². The van der Waals surface area contributed by atoms with E-state index in [1.165, 1.54) is 26.9 Å². The summed E-state index contributed by atoms with van der Waals surface area (Å²) < 4.78 is 2.42. The first-order valence-corrected chi connectivity index (χ1v) is 13.8. The van der Waals surface area contributed by atoms with Gasteiger partial charge in [-0.05, 0) is 47.2 Å². The van der Waals surface area contributed by atoms with Crippen LogP contribution in [0, 0.1) is 0 Å². The molecule has 41 heavy (non-hydrogen) atoms. The molecule has 4 aromatic heterocycles. The predicted octanol–water partition coefficient (Wildman–Crippen LogP) is 9.25. The van der Waals surface area contributed by atoms with E-state index in [1.54, 1.807) is 0 Å². The summed E-state index contributed by atoms with van der Waals surface area (Å²) in [6, 6.07) is 40.8. The molecule has 9 aromatic rings. The Morgan fingerprint density at radius 2 is 1.10 bits per heavy atom. The summed E-state index contributed by atoms with van der Waals surface area (Å²) >= 11 is 0. The van der Waals surface area contributed by atoms with Gasteiger partial charge in [-0.15, -0.1) is 0 Å². The molecule has 0 unspecified atom stereocenters. The molecule has 4 heterocycles. The first kappa shape index (κ1) is 22.2. The topological polar surface area (TPSA) is 43.6 Å². The maximum absolute atomic E-state index is 4.87. The fourth-order valence-electron chi connectivity index (χ4n) is 6.62. The van der Waals surface area contributed by atoms with Crippen LogP contribution in [0.15, 0.2) is 134 Å². The Morgan fingerprint density at radius 3 is 1.95 bits per heavy atom. The molecule has 190 valence electrons. The second kappa shape index (κ2) is 8.44. The number of fused-ring (bicyclic) bond motifs is 10. The van der Waals surface area contributed by atoms with Crippen molar-refractivity contribution >= 4 is 65.2 Å². The summed E-state index contributed by atoms with van der Waals surface area (Å²) in [4.78, 5) is 14.5. The first-order chi connectivity index (χ1) is 20.4. The summed E-state index contributed by atoms with van der Waals surface area (Å²) in [5, 5.41) is 9.30. The lowest BCUT2D eigenvalue weighted by molar-refractivity contribution is 1.20. The van der Waals surface area contributed by atoms with Crippen LogP contribution in [0.1, 0.15) is 0 Å². The highest BCUT2D eigenvalue weighted by Gasteiger charge is 2.21. The van der Waals surface area contributed by atoms with E-state index in [0.29, 0.717) is 0 Å². The average Bonchev–Trinajstić information content (AvgIpc) is 3.40. The minimum Gasteiger partial charge on any atom is -0.308 e. The lowest BCUT2D eigenvalue weighted by Crippen LogP contribution is -1.98.